The van der Waals surface area contributed by atoms with Crippen LogP contribution in [0.3, 0.4) is 0 Å². The van der Waals surface area contributed by atoms with E-state index in [1.807, 2.05) is 28.9 Å². The first-order valence-corrected chi connectivity index (χ1v) is 11.3. The van der Waals surface area contributed by atoms with Gasteiger partial charge in [-0.15, -0.1) is 0 Å². The Bertz CT molecular complexity index is 1330. The normalized spacial score (nSPS) is 17.0. The van der Waals surface area contributed by atoms with Gasteiger partial charge in [0, 0.05) is 30.0 Å². The van der Waals surface area contributed by atoms with Crippen molar-refractivity contribution in [3.8, 4) is 11.3 Å². The molecule has 9 heteroatoms. The molecule has 3 aromatic heterocycles. The highest BCUT2D eigenvalue weighted by Gasteiger charge is 2.33. The van der Waals surface area contributed by atoms with Crippen LogP contribution in [0.15, 0.2) is 36.7 Å². The summed E-state index contributed by atoms with van der Waals surface area (Å²) < 4.78 is 14.7. The molecule has 5 rings (SSSR count). The van der Waals surface area contributed by atoms with Crippen molar-refractivity contribution in [1.82, 2.24) is 24.5 Å². The zero-order chi connectivity index (χ0) is 23.2. The van der Waals surface area contributed by atoms with Gasteiger partial charge in [0.05, 0.1) is 23.2 Å². The number of anilines is 1. The maximum absolute atomic E-state index is 12.5. The molecule has 0 aliphatic carbocycles. The van der Waals surface area contributed by atoms with E-state index in [9.17, 15) is 4.79 Å². The summed E-state index contributed by atoms with van der Waals surface area (Å²) in [5, 5.41) is 10.8. The predicted molar refractivity (Wildman–Crippen MR) is 125 cm³/mol. The van der Waals surface area contributed by atoms with Crippen LogP contribution in [0.2, 0.25) is 0 Å². The van der Waals surface area contributed by atoms with E-state index in [4.69, 9.17) is 20.3 Å². The third-order valence-corrected chi connectivity index (χ3v) is 6.23. The molecule has 1 unspecified atom stereocenters. The van der Waals surface area contributed by atoms with Gasteiger partial charge in [-0.05, 0) is 58.2 Å². The summed E-state index contributed by atoms with van der Waals surface area (Å²) in [6.07, 6.45) is 6.66. The van der Waals surface area contributed by atoms with Crippen molar-refractivity contribution in [3.63, 3.8) is 0 Å². The van der Waals surface area contributed by atoms with Gasteiger partial charge in [0.2, 0.25) is 0 Å². The first-order chi connectivity index (χ1) is 15.9. The van der Waals surface area contributed by atoms with Gasteiger partial charge in [0.1, 0.15) is 11.3 Å². The van der Waals surface area contributed by atoms with Crippen LogP contribution >= 0.6 is 0 Å². The Morgan fingerprint density at radius 1 is 1.27 bits per heavy atom. The third kappa shape index (κ3) is 3.62. The number of ether oxygens (including phenoxy) is 2. The minimum Gasteiger partial charge on any atom is -0.464 e. The molecule has 33 heavy (non-hydrogen) atoms. The zero-order valence-corrected chi connectivity index (χ0v) is 19.1. The molecule has 0 saturated carbocycles. The molecule has 172 valence electrons. The maximum Gasteiger partial charge on any atom is 0.333 e. The Kier molecular flexibility index (Phi) is 5.28. The molecule has 1 aliphatic rings. The number of fused-ring (bicyclic) bond motifs is 3. The molecular weight excluding hydrogens is 420 g/mol. The Hall–Kier alpha value is -3.46. The van der Waals surface area contributed by atoms with E-state index in [0.717, 1.165) is 48.0 Å². The van der Waals surface area contributed by atoms with Crippen LogP contribution in [-0.4, -0.2) is 43.7 Å². The van der Waals surface area contributed by atoms with Crippen molar-refractivity contribution < 1.29 is 14.3 Å². The summed E-state index contributed by atoms with van der Waals surface area (Å²) in [6, 6.07) is 8.01. The topological polar surface area (TPSA) is 110 Å². The van der Waals surface area contributed by atoms with Crippen molar-refractivity contribution in [2.75, 3.05) is 18.9 Å². The molecular formula is C24H28N6O3. The van der Waals surface area contributed by atoms with Crippen molar-refractivity contribution in [3.05, 3.63) is 36.7 Å². The second-order valence-electron chi connectivity index (χ2n) is 8.83. The number of carbonyl (C=O) groups is 1. The lowest BCUT2D eigenvalue weighted by Crippen LogP contribution is -2.37. The number of pyridine rings is 1. The fourth-order valence-electron chi connectivity index (χ4n) is 4.31. The Balaban J connectivity index is 1.59. The first kappa shape index (κ1) is 21.4. The van der Waals surface area contributed by atoms with Gasteiger partial charge >= 0.3 is 5.97 Å². The standard InChI is InChI=1S/C24H28N6O3/c1-4-32-23(31)24(2,3)29-14-17-21(28-29)16-9-8-15(13-18(16)27-22(17)25)19-10-11-26-30(19)20-7-5-6-12-33-20/h8-11,13-14,20H,4-7,12H2,1-3H3,(H2,25,27). The van der Waals surface area contributed by atoms with Gasteiger partial charge in [-0.1, -0.05) is 6.07 Å². The van der Waals surface area contributed by atoms with Crippen molar-refractivity contribution in [2.24, 2.45) is 0 Å². The van der Waals surface area contributed by atoms with Crippen LogP contribution in [0.25, 0.3) is 33.1 Å². The van der Waals surface area contributed by atoms with E-state index in [1.54, 1.807) is 37.8 Å². The molecule has 1 aliphatic heterocycles. The second-order valence-corrected chi connectivity index (χ2v) is 8.83. The van der Waals surface area contributed by atoms with Gasteiger partial charge in [-0.25, -0.2) is 14.5 Å². The highest BCUT2D eigenvalue weighted by Crippen LogP contribution is 2.33. The number of nitrogens with zero attached hydrogens (tertiary/aromatic N) is 5. The van der Waals surface area contributed by atoms with Crippen LogP contribution in [0.4, 0.5) is 5.82 Å². The maximum atomic E-state index is 12.5. The monoisotopic (exact) mass is 448 g/mol. The van der Waals surface area contributed by atoms with Crippen LogP contribution in [0.5, 0.6) is 0 Å². The van der Waals surface area contributed by atoms with E-state index < -0.39 is 5.54 Å². The van der Waals surface area contributed by atoms with Gasteiger partial charge in [-0.3, -0.25) is 4.68 Å². The molecule has 9 nitrogen and oxygen atoms in total. The molecule has 1 saturated heterocycles. The highest BCUT2D eigenvalue weighted by atomic mass is 16.5. The number of nitrogens with two attached hydrogens (primary N) is 1. The molecule has 0 bridgehead atoms. The highest BCUT2D eigenvalue weighted by molar-refractivity contribution is 6.08. The number of esters is 1. The van der Waals surface area contributed by atoms with Gasteiger partial charge in [-0.2, -0.15) is 10.2 Å². The summed E-state index contributed by atoms with van der Waals surface area (Å²) in [4.78, 5) is 17.1. The molecule has 4 aromatic rings. The molecule has 0 amide bonds. The second kappa shape index (κ2) is 8.15. The van der Waals surface area contributed by atoms with Crippen LogP contribution in [0.1, 0.15) is 46.3 Å². The minimum atomic E-state index is -0.972. The van der Waals surface area contributed by atoms with Gasteiger partial charge in [0.15, 0.2) is 11.8 Å². The van der Waals surface area contributed by atoms with Gasteiger partial charge in [0.25, 0.3) is 0 Å². The molecule has 1 fully saturated rings. The Morgan fingerprint density at radius 2 is 2.12 bits per heavy atom. The summed E-state index contributed by atoms with van der Waals surface area (Å²) in [6.45, 7) is 6.39. The number of hydrogen-bond donors (Lipinski definition) is 1. The number of hydrogen-bond acceptors (Lipinski definition) is 7. The van der Waals surface area contributed by atoms with Crippen molar-refractivity contribution >= 4 is 33.6 Å². The smallest absolute Gasteiger partial charge is 0.333 e. The Morgan fingerprint density at radius 3 is 2.88 bits per heavy atom. The molecule has 0 radical (unpaired) electrons. The van der Waals surface area contributed by atoms with E-state index in [-0.39, 0.29) is 12.2 Å². The van der Waals surface area contributed by atoms with Crippen LogP contribution in [-0.2, 0) is 19.8 Å². The lowest BCUT2D eigenvalue weighted by atomic mass is 10.1. The summed E-state index contributed by atoms with van der Waals surface area (Å²) in [5.74, 6) is 0.0128. The largest absolute Gasteiger partial charge is 0.464 e. The lowest BCUT2D eigenvalue weighted by molar-refractivity contribution is -0.152. The number of nitrogen functional groups attached to an aromatic ring is 1. The van der Waals surface area contributed by atoms with Crippen molar-refractivity contribution in [1.29, 1.82) is 0 Å². The van der Waals surface area contributed by atoms with E-state index in [0.29, 0.717) is 23.3 Å². The quantitative estimate of drug-likeness (QED) is 0.459. The number of carbonyl (C=O) groups excluding carboxylic acids is 1. The van der Waals surface area contributed by atoms with Crippen molar-refractivity contribution in [2.45, 2.75) is 51.8 Å². The SMILES string of the molecule is CCOC(=O)C(C)(C)n1cc2c(N)nc3cc(-c4ccnn4C4CCCCO4)ccc3c2n1. The minimum absolute atomic E-state index is 0.0548. The van der Waals surface area contributed by atoms with E-state index in [2.05, 4.69) is 10.1 Å². The number of aromatic nitrogens is 5. The average molecular weight is 449 g/mol. The van der Waals surface area contributed by atoms with E-state index in [1.165, 1.54) is 0 Å². The lowest BCUT2D eigenvalue weighted by Gasteiger charge is -2.24. The number of benzene rings is 1. The zero-order valence-electron chi connectivity index (χ0n) is 19.1. The third-order valence-electron chi connectivity index (χ3n) is 6.23. The molecule has 1 aromatic carbocycles. The fraction of sp³-hybridized carbons (Fsp3) is 0.417. The van der Waals surface area contributed by atoms with Gasteiger partial charge < -0.3 is 15.2 Å². The predicted octanol–water partition coefficient (Wildman–Crippen LogP) is 4.03. The molecule has 4 heterocycles. The van der Waals surface area contributed by atoms with Crippen LogP contribution in [0, 0.1) is 0 Å². The fourth-order valence-corrected chi connectivity index (χ4v) is 4.31. The first-order valence-electron chi connectivity index (χ1n) is 11.3. The number of rotatable bonds is 5. The Labute approximate surface area is 191 Å². The average Bonchev–Trinajstić information content (AvgIpc) is 3.48. The van der Waals surface area contributed by atoms with E-state index >= 15 is 0 Å². The van der Waals surface area contributed by atoms with Crippen LogP contribution < -0.4 is 5.73 Å². The summed E-state index contributed by atoms with van der Waals surface area (Å²) >= 11 is 0. The molecule has 1 atom stereocenters. The molecule has 0 spiro atoms. The summed E-state index contributed by atoms with van der Waals surface area (Å²) in [7, 11) is 0. The molecule has 2 N–H and O–H groups in total. The summed E-state index contributed by atoms with van der Waals surface area (Å²) in [5.41, 5.74) is 8.72.